The van der Waals surface area contributed by atoms with Crippen molar-refractivity contribution in [2.45, 2.75) is 18.6 Å². The largest absolute Gasteiger partial charge is 0.496 e. The molecule has 0 bridgehead atoms. The number of ether oxygens (including phenoxy) is 2. The summed E-state index contributed by atoms with van der Waals surface area (Å²) in [5.74, 6) is 0.860. The van der Waals surface area contributed by atoms with Crippen LogP contribution in [0.2, 0.25) is 0 Å². The van der Waals surface area contributed by atoms with Gasteiger partial charge in [-0.2, -0.15) is 0 Å². The molecule has 0 aliphatic carbocycles. The lowest BCUT2D eigenvalue weighted by molar-refractivity contribution is 0.0641. The van der Waals surface area contributed by atoms with Crippen molar-refractivity contribution in [1.29, 1.82) is 0 Å². The Labute approximate surface area is 116 Å². The molecular weight excluding hydrogens is 259 g/mol. The van der Waals surface area contributed by atoms with E-state index in [0.29, 0.717) is 17.7 Å². The Morgan fingerprint density at radius 1 is 1.20 bits per heavy atom. The summed E-state index contributed by atoms with van der Waals surface area (Å²) in [5, 5.41) is 10.2. The summed E-state index contributed by atoms with van der Waals surface area (Å²) in [6.45, 7) is 0. The van der Waals surface area contributed by atoms with Gasteiger partial charge in [0.15, 0.2) is 0 Å². The maximum absolute atomic E-state index is 13.2. The molecule has 2 atom stereocenters. The quantitative estimate of drug-likeness (QED) is 0.912. The van der Waals surface area contributed by atoms with Crippen molar-refractivity contribution in [3.05, 3.63) is 59.4 Å². The van der Waals surface area contributed by atoms with Crippen molar-refractivity contribution in [2.75, 3.05) is 7.11 Å². The molecule has 3 rings (SSSR count). The normalized spacial score (nSPS) is 20.9. The number of hydrogen-bond acceptors (Lipinski definition) is 3. The summed E-state index contributed by atoms with van der Waals surface area (Å²) < 4.78 is 24.4. The monoisotopic (exact) mass is 274 g/mol. The first kappa shape index (κ1) is 12.9. The minimum atomic E-state index is -0.746. The molecule has 3 nitrogen and oxygen atoms in total. The lowest BCUT2D eigenvalue weighted by Crippen LogP contribution is -2.19. The van der Waals surface area contributed by atoms with Gasteiger partial charge in [0.05, 0.1) is 13.2 Å². The third-order valence-corrected chi connectivity index (χ3v) is 3.52. The van der Waals surface area contributed by atoms with E-state index in [1.54, 1.807) is 13.2 Å². The third-order valence-electron chi connectivity index (χ3n) is 3.52. The number of halogens is 1. The second-order valence-electron chi connectivity index (χ2n) is 4.78. The van der Waals surface area contributed by atoms with Crippen LogP contribution in [0.15, 0.2) is 42.5 Å². The predicted molar refractivity (Wildman–Crippen MR) is 72.3 cm³/mol. The summed E-state index contributed by atoms with van der Waals surface area (Å²) >= 11 is 0. The van der Waals surface area contributed by atoms with Gasteiger partial charge in [0.1, 0.15) is 23.4 Å². The van der Waals surface area contributed by atoms with Gasteiger partial charge in [0.2, 0.25) is 0 Å². The number of aliphatic hydroxyl groups excluding tert-OH is 1. The molecule has 1 aliphatic heterocycles. The van der Waals surface area contributed by atoms with Crippen molar-refractivity contribution in [1.82, 2.24) is 0 Å². The molecule has 0 aromatic heterocycles. The average Bonchev–Trinajstić information content (AvgIpc) is 2.47. The van der Waals surface area contributed by atoms with E-state index in [4.69, 9.17) is 9.47 Å². The van der Waals surface area contributed by atoms with Gasteiger partial charge in [0, 0.05) is 17.5 Å². The van der Waals surface area contributed by atoms with Crippen LogP contribution in [0, 0.1) is 5.82 Å². The van der Waals surface area contributed by atoms with Gasteiger partial charge in [0.25, 0.3) is 0 Å². The van der Waals surface area contributed by atoms with E-state index in [1.807, 2.05) is 24.3 Å². The molecule has 2 aromatic carbocycles. The topological polar surface area (TPSA) is 38.7 Å². The fraction of sp³-hybridized carbons (Fsp3) is 0.250. The number of hydrogen-bond donors (Lipinski definition) is 1. The fourth-order valence-corrected chi connectivity index (χ4v) is 2.54. The van der Waals surface area contributed by atoms with Gasteiger partial charge in [-0.25, -0.2) is 4.39 Å². The first-order valence-electron chi connectivity index (χ1n) is 6.46. The van der Waals surface area contributed by atoms with Crippen molar-refractivity contribution >= 4 is 0 Å². The Balaban J connectivity index is 1.97. The maximum atomic E-state index is 13.2. The first-order valence-corrected chi connectivity index (χ1v) is 6.46. The van der Waals surface area contributed by atoms with E-state index in [1.165, 1.54) is 12.1 Å². The molecule has 4 heteroatoms. The average molecular weight is 274 g/mol. The van der Waals surface area contributed by atoms with Crippen LogP contribution in [0.4, 0.5) is 4.39 Å². The van der Waals surface area contributed by atoms with Crippen molar-refractivity contribution in [2.24, 2.45) is 0 Å². The van der Waals surface area contributed by atoms with Crippen LogP contribution >= 0.6 is 0 Å². The van der Waals surface area contributed by atoms with Crippen molar-refractivity contribution in [3.8, 4) is 11.5 Å². The summed E-state index contributed by atoms with van der Waals surface area (Å²) in [6.07, 6.45) is -0.680. The molecule has 0 radical (unpaired) electrons. The van der Waals surface area contributed by atoms with Crippen LogP contribution in [-0.2, 0) is 0 Å². The highest BCUT2D eigenvalue weighted by atomic mass is 19.1. The standard InChI is InChI=1S/C16H15FO3/c1-19-14-5-3-2-4-11(14)16-9-13(18)12-8-10(17)6-7-15(12)20-16/h2-8,13,16,18H,9H2,1H3/t13-,16?/m1/s1. The molecule has 20 heavy (non-hydrogen) atoms. The Morgan fingerprint density at radius 3 is 2.80 bits per heavy atom. The summed E-state index contributed by atoms with van der Waals surface area (Å²) in [4.78, 5) is 0. The van der Waals surface area contributed by atoms with Crippen LogP contribution < -0.4 is 9.47 Å². The number of rotatable bonds is 2. The second-order valence-corrected chi connectivity index (χ2v) is 4.78. The molecule has 1 unspecified atom stereocenters. The van der Waals surface area contributed by atoms with Crippen molar-refractivity contribution < 1.29 is 19.0 Å². The van der Waals surface area contributed by atoms with Crippen LogP contribution in [0.3, 0.4) is 0 Å². The molecule has 1 aliphatic rings. The molecular formula is C16H15FO3. The predicted octanol–water partition coefficient (Wildman–Crippen LogP) is 3.39. The highest BCUT2D eigenvalue weighted by Gasteiger charge is 2.29. The zero-order valence-electron chi connectivity index (χ0n) is 11.0. The van der Waals surface area contributed by atoms with Crippen LogP contribution in [0.5, 0.6) is 11.5 Å². The van der Waals surface area contributed by atoms with Gasteiger partial charge in [-0.05, 0) is 24.3 Å². The first-order chi connectivity index (χ1) is 9.69. The fourth-order valence-electron chi connectivity index (χ4n) is 2.54. The number of benzene rings is 2. The maximum Gasteiger partial charge on any atom is 0.130 e. The van der Waals surface area contributed by atoms with Crippen LogP contribution in [0.1, 0.15) is 29.8 Å². The summed E-state index contributed by atoms with van der Waals surface area (Å²) in [6, 6.07) is 11.7. The SMILES string of the molecule is COc1ccccc1C1C[C@@H](O)c2cc(F)ccc2O1. The highest BCUT2D eigenvalue weighted by molar-refractivity contribution is 5.41. The zero-order valence-corrected chi connectivity index (χ0v) is 11.0. The van der Waals surface area contributed by atoms with Crippen LogP contribution in [0.25, 0.3) is 0 Å². The van der Waals surface area contributed by atoms with Crippen molar-refractivity contribution in [3.63, 3.8) is 0 Å². The summed E-state index contributed by atoms with van der Waals surface area (Å²) in [5.41, 5.74) is 1.38. The Morgan fingerprint density at radius 2 is 2.00 bits per heavy atom. The molecule has 1 N–H and O–H groups in total. The number of methoxy groups -OCH3 is 1. The Hall–Kier alpha value is -2.07. The lowest BCUT2D eigenvalue weighted by atomic mass is 9.94. The number of para-hydroxylation sites is 1. The lowest BCUT2D eigenvalue weighted by Gasteiger charge is -2.30. The number of aliphatic hydroxyl groups is 1. The molecule has 0 fully saturated rings. The Kier molecular flexibility index (Phi) is 3.32. The second kappa shape index (κ2) is 5.13. The minimum absolute atomic E-state index is 0.306. The molecule has 0 spiro atoms. The van der Waals surface area contributed by atoms with Gasteiger partial charge >= 0.3 is 0 Å². The molecule has 0 saturated carbocycles. The van der Waals surface area contributed by atoms with E-state index in [-0.39, 0.29) is 11.9 Å². The minimum Gasteiger partial charge on any atom is -0.496 e. The molecule has 2 aromatic rings. The number of fused-ring (bicyclic) bond motifs is 1. The van der Waals surface area contributed by atoms with E-state index in [0.717, 1.165) is 11.3 Å². The summed E-state index contributed by atoms with van der Waals surface area (Å²) in [7, 11) is 1.60. The molecule has 0 saturated heterocycles. The van der Waals surface area contributed by atoms with E-state index in [9.17, 15) is 9.50 Å². The van der Waals surface area contributed by atoms with Crippen LogP contribution in [-0.4, -0.2) is 12.2 Å². The third kappa shape index (κ3) is 2.23. The van der Waals surface area contributed by atoms with E-state index in [2.05, 4.69) is 0 Å². The smallest absolute Gasteiger partial charge is 0.130 e. The van der Waals surface area contributed by atoms with E-state index >= 15 is 0 Å². The Bertz CT molecular complexity index is 627. The van der Waals surface area contributed by atoms with Gasteiger partial charge in [-0.1, -0.05) is 18.2 Å². The van der Waals surface area contributed by atoms with Gasteiger partial charge in [-0.15, -0.1) is 0 Å². The molecule has 1 heterocycles. The highest BCUT2D eigenvalue weighted by Crippen LogP contribution is 2.42. The van der Waals surface area contributed by atoms with E-state index < -0.39 is 6.10 Å². The van der Waals surface area contributed by atoms with Gasteiger partial charge < -0.3 is 14.6 Å². The molecule has 0 amide bonds. The van der Waals surface area contributed by atoms with Gasteiger partial charge in [-0.3, -0.25) is 0 Å². The zero-order chi connectivity index (χ0) is 14.1. The molecule has 104 valence electrons.